The van der Waals surface area contributed by atoms with Crippen molar-refractivity contribution in [2.75, 3.05) is 50.1 Å². The van der Waals surface area contributed by atoms with Gasteiger partial charge in [0.25, 0.3) is 5.56 Å². The lowest BCUT2D eigenvalue weighted by atomic mass is 10.0. The summed E-state index contributed by atoms with van der Waals surface area (Å²) in [5, 5.41) is 16.2. The number of rotatable bonds is 10. The van der Waals surface area contributed by atoms with E-state index in [1.165, 1.54) is 26.2 Å². The predicted octanol–water partition coefficient (Wildman–Crippen LogP) is 3.75. The molecule has 0 bridgehead atoms. The van der Waals surface area contributed by atoms with Gasteiger partial charge < -0.3 is 30.3 Å². The number of anilines is 3. The molecule has 1 saturated carbocycles. The summed E-state index contributed by atoms with van der Waals surface area (Å²) in [6, 6.07) is 8.48. The minimum absolute atomic E-state index is 0.00697. The van der Waals surface area contributed by atoms with E-state index < -0.39 is 5.91 Å². The van der Waals surface area contributed by atoms with Crippen LogP contribution in [0.25, 0.3) is 17.1 Å². The minimum Gasteiger partial charge on any atom is -0.504 e. The van der Waals surface area contributed by atoms with E-state index in [0.29, 0.717) is 65.9 Å². The highest BCUT2D eigenvalue weighted by Crippen LogP contribution is 2.32. The molecule has 50 heavy (non-hydrogen) atoms. The molecule has 14 heteroatoms. The van der Waals surface area contributed by atoms with Crippen molar-refractivity contribution in [1.82, 2.24) is 29.7 Å². The fourth-order valence-electron chi connectivity index (χ4n) is 6.59. The lowest BCUT2D eigenvalue weighted by Crippen LogP contribution is -2.51. The summed E-state index contributed by atoms with van der Waals surface area (Å²) in [7, 11) is 1.45. The second-order valence-electron chi connectivity index (χ2n) is 12.5. The van der Waals surface area contributed by atoms with Gasteiger partial charge in [0.05, 0.1) is 31.1 Å². The summed E-state index contributed by atoms with van der Waals surface area (Å²) in [6.45, 7) is 5.27. The molecule has 2 amide bonds. The smallest absolute Gasteiger partial charge is 0.263 e. The molecule has 4 aromatic rings. The van der Waals surface area contributed by atoms with E-state index in [-0.39, 0.29) is 41.1 Å². The van der Waals surface area contributed by atoms with Gasteiger partial charge in [-0.15, -0.1) is 0 Å². The van der Waals surface area contributed by atoms with Crippen molar-refractivity contribution >= 4 is 52.2 Å². The Kier molecular flexibility index (Phi) is 10.1. The number of benzene rings is 1. The number of aromatic nitrogens is 4. The first-order valence-electron chi connectivity index (χ1n) is 16.6. The van der Waals surface area contributed by atoms with Gasteiger partial charge in [0.2, 0.25) is 17.8 Å². The van der Waals surface area contributed by atoms with E-state index in [9.17, 15) is 24.3 Å². The number of amides is 2. The topological polar surface area (TPSA) is 172 Å². The average Bonchev–Trinajstić information content (AvgIpc) is 3.65. The SMILES string of the molecule is COc1cc(/C=C/C(=O)NCC(=O)N2CCN(c3ccc(Nc4ncc5c(C)c(C(C)=O)c(=O)n(C6CCCC6)c5n4)nc3)CC2)ccc1O. The highest BCUT2D eigenvalue weighted by atomic mass is 16.5. The van der Waals surface area contributed by atoms with Crippen LogP contribution in [0.3, 0.4) is 0 Å². The second-order valence-corrected chi connectivity index (χ2v) is 12.5. The number of methoxy groups -OCH3 is 1. The summed E-state index contributed by atoms with van der Waals surface area (Å²) in [5.74, 6) is 0.304. The number of pyridine rings is 2. The predicted molar refractivity (Wildman–Crippen MR) is 189 cm³/mol. The Balaban J connectivity index is 1.04. The van der Waals surface area contributed by atoms with E-state index in [4.69, 9.17) is 9.72 Å². The van der Waals surface area contributed by atoms with Gasteiger partial charge in [-0.25, -0.2) is 9.97 Å². The number of phenols is 1. The number of fused-ring (bicyclic) bond motifs is 1. The molecule has 6 rings (SSSR count). The van der Waals surface area contributed by atoms with Gasteiger partial charge in [-0.3, -0.25) is 23.7 Å². The minimum atomic E-state index is -0.404. The number of carbonyl (C=O) groups excluding carboxylic acids is 3. The summed E-state index contributed by atoms with van der Waals surface area (Å²) in [6.07, 6.45) is 10.1. The van der Waals surface area contributed by atoms with Crippen molar-refractivity contribution in [1.29, 1.82) is 0 Å². The third-order valence-corrected chi connectivity index (χ3v) is 9.28. The Morgan fingerprint density at radius 2 is 1.80 bits per heavy atom. The quantitative estimate of drug-likeness (QED) is 0.165. The standard InChI is InChI=1S/C36H40N8O6/c1-22-27-20-39-36(41-34(27)44(25-6-4-5-7-25)35(49)33(22)23(2)45)40-30-12-10-26(19-37-30)42-14-16-43(17-15-42)32(48)21-38-31(47)13-9-24-8-11-28(46)29(18-24)50-3/h8-13,18-20,25,46H,4-7,14-17,21H2,1-3H3,(H,38,47)(H,37,39,40,41)/b13-9+. The number of hydrogen-bond acceptors (Lipinski definition) is 11. The molecular weight excluding hydrogens is 640 g/mol. The molecule has 4 heterocycles. The Labute approximate surface area is 288 Å². The van der Waals surface area contributed by atoms with Crippen LogP contribution >= 0.6 is 0 Å². The summed E-state index contributed by atoms with van der Waals surface area (Å²) in [5.41, 5.74) is 2.57. The number of hydrogen-bond donors (Lipinski definition) is 3. The molecule has 260 valence electrons. The van der Waals surface area contributed by atoms with E-state index in [1.807, 2.05) is 12.1 Å². The lowest BCUT2D eigenvalue weighted by Gasteiger charge is -2.36. The van der Waals surface area contributed by atoms with Crippen LogP contribution in [0.5, 0.6) is 11.5 Å². The number of carbonyl (C=O) groups is 3. The Morgan fingerprint density at radius 3 is 2.48 bits per heavy atom. The van der Waals surface area contributed by atoms with Crippen molar-refractivity contribution in [2.24, 2.45) is 0 Å². The van der Waals surface area contributed by atoms with Gasteiger partial charge in [-0.2, -0.15) is 4.98 Å². The normalized spacial score (nSPS) is 15.1. The molecule has 1 aliphatic heterocycles. The fraction of sp³-hybridized carbons (Fsp3) is 0.361. The van der Waals surface area contributed by atoms with E-state index in [1.54, 1.807) is 47.0 Å². The van der Waals surface area contributed by atoms with Crippen molar-refractivity contribution < 1.29 is 24.2 Å². The number of ketones is 1. The van der Waals surface area contributed by atoms with E-state index in [2.05, 4.69) is 25.5 Å². The highest BCUT2D eigenvalue weighted by molar-refractivity contribution is 5.99. The molecule has 0 radical (unpaired) electrons. The number of nitrogens with zero attached hydrogens (tertiary/aromatic N) is 6. The van der Waals surface area contributed by atoms with Crippen molar-refractivity contribution in [3.8, 4) is 11.5 Å². The molecule has 1 aliphatic carbocycles. The molecule has 3 N–H and O–H groups in total. The van der Waals surface area contributed by atoms with Crippen LogP contribution in [0, 0.1) is 6.92 Å². The van der Waals surface area contributed by atoms with Gasteiger partial charge in [0.15, 0.2) is 17.3 Å². The van der Waals surface area contributed by atoms with E-state index >= 15 is 0 Å². The summed E-state index contributed by atoms with van der Waals surface area (Å²) < 4.78 is 6.76. The lowest BCUT2D eigenvalue weighted by molar-refractivity contribution is -0.132. The molecule has 14 nitrogen and oxygen atoms in total. The molecule has 1 saturated heterocycles. The van der Waals surface area contributed by atoms with Gasteiger partial charge >= 0.3 is 0 Å². The van der Waals surface area contributed by atoms with Gasteiger partial charge in [-0.1, -0.05) is 18.9 Å². The molecule has 0 spiro atoms. The number of aryl methyl sites for hydroxylation is 1. The van der Waals surface area contributed by atoms with Gasteiger partial charge in [0, 0.05) is 49.9 Å². The Hall–Kier alpha value is -5.79. The maximum atomic E-state index is 13.5. The van der Waals surface area contributed by atoms with Crippen molar-refractivity contribution in [2.45, 2.75) is 45.6 Å². The zero-order valence-electron chi connectivity index (χ0n) is 28.3. The first-order chi connectivity index (χ1) is 24.1. The molecule has 1 aromatic carbocycles. The monoisotopic (exact) mass is 680 g/mol. The summed E-state index contributed by atoms with van der Waals surface area (Å²) in [4.78, 5) is 68.6. The number of nitrogens with one attached hydrogen (secondary N) is 2. The first kappa shape index (κ1) is 34.1. The van der Waals surface area contributed by atoms with Crippen LogP contribution in [0.1, 0.15) is 60.1 Å². The average molecular weight is 681 g/mol. The third-order valence-electron chi connectivity index (χ3n) is 9.28. The van der Waals surface area contributed by atoms with Crippen LogP contribution < -0.4 is 25.8 Å². The van der Waals surface area contributed by atoms with Crippen LogP contribution in [0.2, 0.25) is 0 Å². The fourth-order valence-corrected chi connectivity index (χ4v) is 6.59. The number of Topliss-reactive ketones (excluding diaryl/α,β-unsaturated/α-hetero) is 1. The Bertz CT molecular complexity index is 2010. The van der Waals surface area contributed by atoms with E-state index in [0.717, 1.165) is 31.4 Å². The maximum absolute atomic E-state index is 13.5. The van der Waals surface area contributed by atoms with Gasteiger partial charge in [-0.05, 0) is 68.2 Å². The van der Waals surface area contributed by atoms with Gasteiger partial charge in [0.1, 0.15) is 11.5 Å². The number of phenolic OH excluding ortho intramolecular Hbond substituents is 1. The zero-order valence-corrected chi connectivity index (χ0v) is 28.3. The van der Waals surface area contributed by atoms with Crippen LogP contribution in [0.15, 0.2) is 53.6 Å². The second kappa shape index (κ2) is 14.8. The zero-order chi connectivity index (χ0) is 35.4. The molecule has 0 unspecified atom stereocenters. The van der Waals surface area contributed by atoms with Crippen LogP contribution in [-0.4, -0.2) is 87.0 Å². The van der Waals surface area contributed by atoms with Crippen LogP contribution in [0.4, 0.5) is 17.5 Å². The molecular formula is C36H40N8O6. The molecule has 3 aromatic heterocycles. The maximum Gasteiger partial charge on any atom is 0.263 e. The van der Waals surface area contributed by atoms with Crippen molar-refractivity contribution in [3.63, 3.8) is 0 Å². The molecule has 2 aliphatic rings. The molecule has 2 fully saturated rings. The largest absolute Gasteiger partial charge is 0.504 e. The van der Waals surface area contributed by atoms with Crippen LogP contribution in [-0.2, 0) is 9.59 Å². The number of piperazine rings is 1. The molecule has 0 atom stereocenters. The third kappa shape index (κ3) is 7.28. The number of ether oxygens (including phenoxy) is 1. The first-order valence-corrected chi connectivity index (χ1v) is 16.6. The highest BCUT2D eigenvalue weighted by Gasteiger charge is 2.26. The summed E-state index contributed by atoms with van der Waals surface area (Å²) >= 11 is 0. The number of aromatic hydroxyl groups is 1. The Morgan fingerprint density at radius 1 is 1.04 bits per heavy atom. The van der Waals surface area contributed by atoms with Crippen molar-refractivity contribution in [3.05, 3.63) is 75.8 Å².